The standard InChI is InChI=1S/C17H13IN2O4S3/c1-2-19-15(24)13(27-17(19)25)16-20(8-12(21)22)14(23)11(26-16)7-9-3-5-10(18)6-4-9/h3-7H,2,8H2,1H3,(H,21,22)/b11-7?,16-13+. The zero-order valence-electron chi connectivity index (χ0n) is 14.0. The fourth-order valence-electron chi connectivity index (χ4n) is 2.48. The van der Waals surface area contributed by atoms with Crippen molar-refractivity contribution in [1.29, 1.82) is 0 Å². The second-order valence-electron chi connectivity index (χ2n) is 5.50. The van der Waals surface area contributed by atoms with Crippen LogP contribution in [0.5, 0.6) is 0 Å². The SMILES string of the molecule is CCN1C(=O)/C(=c2\sc(=Cc3ccc(I)cc3)c(=O)n2CC(=O)O)SC1=S. The van der Waals surface area contributed by atoms with E-state index in [0.717, 1.165) is 36.8 Å². The number of rotatable bonds is 4. The Morgan fingerprint density at radius 2 is 1.96 bits per heavy atom. The van der Waals surface area contributed by atoms with Gasteiger partial charge in [-0.2, -0.15) is 0 Å². The molecule has 0 aliphatic carbocycles. The van der Waals surface area contributed by atoms with Crippen LogP contribution in [0.1, 0.15) is 12.5 Å². The maximum atomic E-state index is 12.8. The van der Waals surface area contributed by atoms with E-state index in [2.05, 4.69) is 22.6 Å². The van der Waals surface area contributed by atoms with Crippen molar-refractivity contribution in [2.24, 2.45) is 0 Å². The van der Waals surface area contributed by atoms with Crippen LogP contribution in [-0.2, 0) is 16.1 Å². The van der Waals surface area contributed by atoms with Gasteiger partial charge in [-0.1, -0.05) is 36.1 Å². The van der Waals surface area contributed by atoms with Gasteiger partial charge in [-0.3, -0.25) is 23.9 Å². The number of thiazole rings is 1. The summed E-state index contributed by atoms with van der Waals surface area (Å²) < 4.78 is 3.30. The number of carboxylic acid groups (broad SMARTS) is 1. The average Bonchev–Trinajstić information content (AvgIpc) is 3.06. The van der Waals surface area contributed by atoms with Crippen molar-refractivity contribution >= 4 is 85.1 Å². The highest BCUT2D eigenvalue weighted by Gasteiger charge is 2.33. The van der Waals surface area contributed by atoms with E-state index in [1.807, 2.05) is 31.2 Å². The van der Waals surface area contributed by atoms with E-state index in [1.165, 1.54) is 4.90 Å². The van der Waals surface area contributed by atoms with Gasteiger partial charge >= 0.3 is 5.97 Å². The Labute approximate surface area is 181 Å². The highest BCUT2D eigenvalue weighted by molar-refractivity contribution is 14.1. The summed E-state index contributed by atoms with van der Waals surface area (Å²) in [7, 11) is 0. The molecule has 3 rings (SSSR count). The molecule has 0 radical (unpaired) electrons. The van der Waals surface area contributed by atoms with Crippen molar-refractivity contribution in [3.8, 4) is 0 Å². The maximum absolute atomic E-state index is 12.8. The molecule has 140 valence electrons. The number of carbonyl (C=O) groups excluding carboxylic acids is 1. The molecule has 2 heterocycles. The number of halogens is 1. The molecule has 1 N–H and O–H groups in total. The third-order valence-electron chi connectivity index (χ3n) is 3.73. The number of benzene rings is 1. The lowest BCUT2D eigenvalue weighted by Crippen LogP contribution is -2.35. The molecular formula is C17H13IN2O4S3. The molecule has 0 bridgehead atoms. The van der Waals surface area contributed by atoms with Crippen LogP contribution in [-0.4, -0.2) is 37.3 Å². The second kappa shape index (κ2) is 8.25. The molecule has 1 amide bonds. The third-order valence-corrected chi connectivity index (χ3v) is 7.14. The fourth-order valence-corrected chi connectivity index (χ4v) is 5.48. The van der Waals surface area contributed by atoms with Crippen LogP contribution in [0.3, 0.4) is 0 Å². The maximum Gasteiger partial charge on any atom is 0.323 e. The van der Waals surface area contributed by atoms with E-state index < -0.39 is 18.1 Å². The number of nitrogens with zero attached hydrogens (tertiary/aromatic N) is 2. The smallest absolute Gasteiger partial charge is 0.323 e. The van der Waals surface area contributed by atoms with E-state index >= 15 is 0 Å². The first-order chi connectivity index (χ1) is 12.8. The van der Waals surface area contributed by atoms with Gasteiger partial charge in [0.15, 0.2) is 0 Å². The number of thiocarbonyl (C=S) groups is 1. The molecule has 1 aliphatic heterocycles. The summed E-state index contributed by atoms with van der Waals surface area (Å²) in [5.41, 5.74) is 0.390. The first kappa shape index (κ1) is 20.2. The Kier molecular flexibility index (Phi) is 6.18. The number of thioether (sulfide) groups is 1. The molecular weight excluding hydrogens is 519 g/mol. The van der Waals surface area contributed by atoms with Crippen LogP contribution in [0.4, 0.5) is 0 Å². The van der Waals surface area contributed by atoms with Crippen LogP contribution >= 0.6 is 57.9 Å². The summed E-state index contributed by atoms with van der Waals surface area (Å²) in [6.07, 6.45) is 1.70. The Morgan fingerprint density at radius 3 is 2.52 bits per heavy atom. The Hall–Kier alpha value is -1.50. The highest BCUT2D eigenvalue weighted by atomic mass is 127. The number of carbonyl (C=O) groups is 2. The first-order valence-corrected chi connectivity index (χ1v) is 10.9. The van der Waals surface area contributed by atoms with E-state index in [4.69, 9.17) is 12.2 Å². The molecule has 1 aliphatic rings. The molecule has 0 saturated carbocycles. The minimum absolute atomic E-state index is 0.297. The summed E-state index contributed by atoms with van der Waals surface area (Å²) >= 11 is 9.62. The lowest BCUT2D eigenvalue weighted by atomic mass is 10.2. The third kappa shape index (κ3) is 4.18. The zero-order chi connectivity index (χ0) is 19.7. The van der Waals surface area contributed by atoms with Gasteiger partial charge in [0.25, 0.3) is 11.5 Å². The highest BCUT2D eigenvalue weighted by Crippen LogP contribution is 2.30. The van der Waals surface area contributed by atoms with Gasteiger partial charge in [0.05, 0.1) is 4.53 Å². The molecule has 2 aromatic rings. The van der Waals surface area contributed by atoms with Crippen molar-refractivity contribution < 1.29 is 14.7 Å². The average molecular weight is 532 g/mol. The van der Waals surface area contributed by atoms with E-state index in [1.54, 1.807) is 6.08 Å². The molecule has 1 saturated heterocycles. The largest absolute Gasteiger partial charge is 0.480 e. The molecule has 0 unspecified atom stereocenters. The Morgan fingerprint density at radius 1 is 1.30 bits per heavy atom. The van der Waals surface area contributed by atoms with Gasteiger partial charge in [-0.05, 0) is 53.3 Å². The monoisotopic (exact) mass is 532 g/mol. The fraction of sp³-hybridized carbons (Fsp3) is 0.176. The number of aromatic nitrogens is 1. The van der Waals surface area contributed by atoms with Gasteiger partial charge < -0.3 is 5.11 Å². The normalized spacial score (nSPS) is 17.1. The molecule has 27 heavy (non-hydrogen) atoms. The Bertz CT molecular complexity index is 1120. The Balaban J connectivity index is 2.26. The lowest BCUT2D eigenvalue weighted by Gasteiger charge is -2.09. The summed E-state index contributed by atoms with van der Waals surface area (Å²) in [6.45, 7) is 1.72. The number of amides is 1. The first-order valence-electron chi connectivity index (χ1n) is 7.78. The molecule has 6 nitrogen and oxygen atoms in total. The molecule has 1 aromatic carbocycles. The lowest BCUT2D eigenvalue weighted by molar-refractivity contribution is -0.137. The van der Waals surface area contributed by atoms with Gasteiger partial charge in [-0.15, -0.1) is 11.3 Å². The molecule has 1 aromatic heterocycles. The van der Waals surface area contributed by atoms with E-state index in [0.29, 0.717) is 25.0 Å². The molecule has 10 heteroatoms. The topological polar surface area (TPSA) is 79.6 Å². The van der Waals surface area contributed by atoms with Crippen LogP contribution in [0, 0.1) is 3.57 Å². The molecule has 0 atom stereocenters. The zero-order valence-corrected chi connectivity index (χ0v) is 18.6. The minimum Gasteiger partial charge on any atom is -0.480 e. The molecule has 0 spiro atoms. The molecule has 1 fully saturated rings. The van der Waals surface area contributed by atoms with Crippen LogP contribution in [0.2, 0.25) is 0 Å². The summed E-state index contributed by atoms with van der Waals surface area (Å²) in [5.74, 6) is -1.45. The van der Waals surface area contributed by atoms with Crippen molar-refractivity contribution in [2.75, 3.05) is 6.54 Å². The van der Waals surface area contributed by atoms with E-state index in [9.17, 15) is 19.5 Å². The van der Waals surface area contributed by atoms with E-state index in [-0.39, 0.29) is 5.91 Å². The van der Waals surface area contributed by atoms with Crippen LogP contribution in [0.25, 0.3) is 11.0 Å². The second-order valence-corrected chi connectivity index (χ2v) is 9.42. The summed E-state index contributed by atoms with van der Waals surface area (Å²) in [5, 5.41) is 9.20. The number of carboxylic acids is 1. The van der Waals surface area contributed by atoms with Crippen LogP contribution in [0.15, 0.2) is 29.1 Å². The van der Waals surface area contributed by atoms with Gasteiger partial charge in [0, 0.05) is 10.1 Å². The predicted molar refractivity (Wildman–Crippen MR) is 119 cm³/mol. The van der Waals surface area contributed by atoms with Gasteiger partial charge in [-0.25, -0.2) is 0 Å². The number of aliphatic carboxylic acids is 1. The number of hydrogen-bond donors (Lipinski definition) is 1. The van der Waals surface area contributed by atoms with Crippen molar-refractivity contribution in [3.05, 3.63) is 52.9 Å². The van der Waals surface area contributed by atoms with Gasteiger partial charge in [0.1, 0.15) is 20.4 Å². The van der Waals surface area contributed by atoms with Crippen molar-refractivity contribution in [1.82, 2.24) is 9.47 Å². The summed E-state index contributed by atoms with van der Waals surface area (Å²) in [6, 6.07) is 7.58. The van der Waals surface area contributed by atoms with Crippen molar-refractivity contribution in [2.45, 2.75) is 13.5 Å². The van der Waals surface area contributed by atoms with Crippen molar-refractivity contribution in [3.63, 3.8) is 0 Å². The predicted octanol–water partition coefficient (Wildman–Crippen LogP) is 1.42. The van der Waals surface area contributed by atoms with Gasteiger partial charge in [0.2, 0.25) is 0 Å². The minimum atomic E-state index is -1.15. The number of hydrogen-bond acceptors (Lipinski definition) is 6. The van der Waals surface area contributed by atoms with Crippen LogP contribution < -0.4 is 14.8 Å². The quantitative estimate of drug-likeness (QED) is 0.474. The summed E-state index contributed by atoms with van der Waals surface area (Å²) in [4.78, 5) is 38.4.